The van der Waals surface area contributed by atoms with Crippen molar-refractivity contribution < 1.29 is 15.3 Å². The molecule has 3 N–H and O–H groups in total. The van der Waals surface area contributed by atoms with Crippen LogP contribution >= 0.6 is 0 Å². The zero-order chi connectivity index (χ0) is 34.0. The third-order valence-electron chi connectivity index (χ3n) is 11.6. The van der Waals surface area contributed by atoms with Crippen molar-refractivity contribution in [3.05, 3.63) is 86.5 Å². The maximum Gasteiger partial charge on any atom is 0.122 e. The predicted octanol–water partition coefficient (Wildman–Crippen LogP) is 11.4. The molecule has 3 aromatic rings. The molecule has 6 rings (SSSR count). The van der Waals surface area contributed by atoms with Gasteiger partial charge in [-0.2, -0.15) is 0 Å². The van der Waals surface area contributed by atoms with Gasteiger partial charge in [0.1, 0.15) is 17.2 Å². The van der Waals surface area contributed by atoms with Crippen LogP contribution in [0.4, 0.5) is 0 Å². The lowest BCUT2D eigenvalue weighted by Gasteiger charge is -2.37. The number of rotatable bonds is 3. The van der Waals surface area contributed by atoms with Crippen LogP contribution in [0, 0.1) is 51.4 Å². The van der Waals surface area contributed by atoms with E-state index in [0.29, 0.717) is 46.8 Å². The topological polar surface area (TPSA) is 60.7 Å². The van der Waals surface area contributed by atoms with E-state index in [1.807, 2.05) is 19.1 Å². The highest BCUT2D eigenvalue weighted by Crippen LogP contribution is 2.68. The lowest BCUT2D eigenvalue weighted by Crippen LogP contribution is -2.27. The molecule has 6 unspecified atom stereocenters. The first-order valence-corrected chi connectivity index (χ1v) is 17.8. The highest BCUT2D eigenvalue weighted by molar-refractivity contribution is 5.51. The summed E-state index contributed by atoms with van der Waals surface area (Å²) in [4.78, 5) is 0. The summed E-state index contributed by atoms with van der Waals surface area (Å²) < 4.78 is 0. The summed E-state index contributed by atoms with van der Waals surface area (Å²) in [5.41, 5.74) is 10.1. The standard InChI is InChI=1S/C32H44O2.C11H16O/c1-17-11-24(29(33)26(13-17)31(3,4)5)21-10-9-20-19-15-22(23(16-19)28(20)21)25-12-18(2)14-27(30(25)34)32(6,7)8;1-7(2)10-6-8(3)5-9(4)11(10)12/h11-14,19-23,28,33-34H,9-10,15-16H2,1-8H3;5-7,12H,1-4H3. The van der Waals surface area contributed by atoms with Gasteiger partial charge in [-0.05, 0) is 139 Å². The Balaban J connectivity index is 0.000000293. The van der Waals surface area contributed by atoms with Crippen molar-refractivity contribution in [1.82, 2.24) is 0 Å². The molecule has 0 aliphatic heterocycles. The van der Waals surface area contributed by atoms with Gasteiger partial charge >= 0.3 is 0 Å². The van der Waals surface area contributed by atoms with Crippen LogP contribution < -0.4 is 0 Å². The molecule has 3 heteroatoms. The monoisotopic (exact) mass is 624 g/mol. The van der Waals surface area contributed by atoms with E-state index in [1.54, 1.807) is 0 Å². The van der Waals surface area contributed by atoms with E-state index in [0.717, 1.165) is 34.1 Å². The Labute approximate surface area is 279 Å². The number of benzene rings is 3. The molecule has 250 valence electrons. The average Bonchev–Trinajstić information content (AvgIpc) is 3.65. The Kier molecular flexibility index (Phi) is 9.17. The minimum Gasteiger partial charge on any atom is -0.507 e. The number of aryl methyl sites for hydroxylation is 4. The lowest BCUT2D eigenvalue weighted by molar-refractivity contribution is 0.213. The van der Waals surface area contributed by atoms with Crippen LogP contribution in [0.25, 0.3) is 0 Å². The van der Waals surface area contributed by atoms with Crippen molar-refractivity contribution >= 4 is 0 Å². The number of hydrogen-bond acceptors (Lipinski definition) is 3. The molecule has 3 saturated carbocycles. The van der Waals surface area contributed by atoms with Gasteiger partial charge in [-0.1, -0.05) is 108 Å². The van der Waals surface area contributed by atoms with Crippen molar-refractivity contribution in [3.8, 4) is 17.2 Å². The third kappa shape index (κ3) is 6.33. The van der Waals surface area contributed by atoms with E-state index in [1.165, 1.54) is 53.5 Å². The van der Waals surface area contributed by atoms with Crippen LogP contribution in [-0.2, 0) is 10.8 Å². The molecule has 2 bridgehead atoms. The fourth-order valence-corrected chi connectivity index (χ4v) is 9.58. The maximum atomic E-state index is 11.4. The van der Waals surface area contributed by atoms with Crippen LogP contribution in [-0.4, -0.2) is 15.3 Å². The first kappa shape index (κ1) is 34.4. The molecular weight excluding hydrogens is 564 g/mol. The van der Waals surface area contributed by atoms with Crippen molar-refractivity contribution in [1.29, 1.82) is 0 Å². The highest BCUT2D eigenvalue weighted by atomic mass is 16.3. The fourth-order valence-electron chi connectivity index (χ4n) is 9.58. The van der Waals surface area contributed by atoms with E-state index in [-0.39, 0.29) is 10.8 Å². The molecule has 46 heavy (non-hydrogen) atoms. The van der Waals surface area contributed by atoms with E-state index < -0.39 is 0 Å². The number of phenols is 3. The normalized spacial score (nSPS) is 25.5. The number of fused-ring (bicyclic) bond motifs is 5. The fraction of sp³-hybridized carbons (Fsp3) is 0.581. The van der Waals surface area contributed by atoms with Crippen LogP contribution in [0.2, 0.25) is 0 Å². The van der Waals surface area contributed by atoms with Gasteiger partial charge in [-0.15, -0.1) is 0 Å². The molecule has 3 aliphatic rings. The Morgan fingerprint density at radius 3 is 1.59 bits per heavy atom. The van der Waals surface area contributed by atoms with Gasteiger partial charge in [0.25, 0.3) is 0 Å². The molecule has 0 amide bonds. The van der Waals surface area contributed by atoms with Gasteiger partial charge in [0.2, 0.25) is 0 Å². The second kappa shape index (κ2) is 12.3. The number of phenolic OH excluding ortho intramolecular Hbond substituents is 3. The van der Waals surface area contributed by atoms with E-state index in [2.05, 4.69) is 100 Å². The zero-order valence-electron chi connectivity index (χ0n) is 30.7. The molecule has 3 aliphatic carbocycles. The molecule has 0 spiro atoms. The number of hydrogen-bond donors (Lipinski definition) is 3. The van der Waals surface area contributed by atoms with E-state index in [9.17, 15) is 15.3 Å². The molecule has 3 nitrogen and oxygen atoms in total. The molecule has 6 atom stereocenters. The first-order chi connectivity index (χ1) is 21.3. The Hall–Kier alpha value is -2.94. The van der Waals surface area contributed by atoms with Crippen molar-refractivity contribution in [2.24, 2.45) is 23.7 Å². The van der Waals surface area contributed by atoms with Gasteiger partial charge in [0, 0.05) is 0 Å². The summed E-state index contributed by atoms with van der Waals surface area (Å²) >= 11 is 0. The van der Waals surface area contributed by atoms with Crippen LogP contribution in [0.3, 0.4) is 0 Å². The number of aromatic hydroxyl groups is 3. The Morgan fingerprint density at radius 2 is 1.09 bits per heavy atom. The minimum absolute atomic E-state index is 0.0718. The summed E-state index contributed by atoms with van der Waals surface area (Å²) in [6.07, 6.45) is 4.97. The predicted molar refractivity (Wildman–Crippen MR) is 193 cm³/mol. The largest absolute Gasteiger partial charge is 0.507 e. The zero-order valence-corrected chi connectivity index (χ0v) is 30.7. The molecule has 3 fully saturated rings. The SMILES string of the molecule is Cc1cc(C)c(O)c(C(C)C)c1.Cc1cc(C2CC3CC2C2C(c4cc(C)cc(C(C)(C)C)c4O)CCC32)c(O)c(C(C)(C)C)c1. The van der Waals surface area contributed by atoms with Crippen molar-refractivity contribution in [3.63, 3.8) is 0 Å². The third-order valence-corrected chi connectivity index (χ3v) is 11.6. The van der Waals surface area contributed by atoms with Crippen molar-refractivity contribution in [2.45, 2.75) is 137 Å². The second-order valence-electron chi connectivity index (χ2n) is 17.6. The quantitative estimate of drug-likeness (QED) is 0.272. The second-order valence-corrected chi connectivity index (χ2v) is 17.6. The van der Waals surface area contributed by atoms with Gasteiger partial charge in [-0.3, -0.25) is 0 Å². The Bertz CT molecular complexity index is 1600. The summed E-state index contributed by atoms with van der Waals surface area (Å²) in [5.74, 6) is 5.53. The van der Waals surface area contributed by atoms with Gasteiger partial charge in [0.05, 0.1) is 0 Å². The Morgan fingerprint density at radius 1 is 0.587 bits per heavy atom. The van der Waals surface area contributed by atoms with Gasteiger partial charge in [-0.25, -0.2) is 0 Å². The summed E-state index contributed by atoms with van der Waals surface area (Å²) in [7, 11) is 0. The molecule has 0 radical (unpaired) electrons. The van der Waals surface area contributed by atoms with Gasteiger partial charge in [0.15, 0.2) is 0 Å². The van der Waals surface area contributed by atoms with Crippen molar-refractivity contribution in [2.75, 3.05) is 0 Å². The minimum atomic E-state index is -0.0726. The summed E-state index contributed by atoms with van der Waals surface area (Å²) in [6.45, 7) is 25.7. The van der Waals surface area contributed by atoms with E-state index in [4.69, 9.17) is 0 Å². The van der Waals surface area contributed by atoms with Crippen LogP contribution in [0.15, 0.2) is 36.4 Å². The summed E-state index contributed by atoms with van der Waals surface area (Å²) in [6, 6.07) is 12.9. The molecular formula is C43H60O3. The lowest BCUT2D eigenvalue weighted by atomic mass is 9.68. The average molecular weight is 625 g/mol. The first-order valence-electron chi connectivity index (χ1n) is 17.8. The molecule has 0 aromatic heterocycles. The smallest absolute Gasteiger partial charge is 0.122 e. The maximum absolute atomic E-state index is 11.4. The van der Waals surface area contributed by atoms with E-state index >= 15 is 0 Å². The highest BCUT2D eigenvalue weighted by Gasteiger charge is 2.58. The summed E-state index contributed by atoms with van der Waals surface area (Å²) in [5, 5.41) is 32.6. The molecule has 0 heterocycles. The molecule has 0 saturated heterocycles. The van der Waals surface area contributed by atoms with Crippen LogP contribution in [0.5, 0.6) is 17.2 Å². The van der Waals surface area contributed by atoms with Crippen LogP contribution in [0.1, 0.15) is 149 Å². The molecule has 3 aromatic carbocycles. The van der Waals surface area contributed by atoms with Gasteiger partial charge < -0.3 is 15.3 Å².